The van der Waals surface area contributed by atoms with Gasteiger partial charge in [0.25, 0.3) is 0 Å². The fourth-order valence-electron chi connectivity index (χ4n) is 2.00. The first kappa shape index (κ1) is 16.5. The van der Waals surface area contributed by atoms with Crippen molar-refractivity contribution in [3.8, 4) is 0 Å². The van der Waals surface area contributed by atoms with Crippen LogP contribution < -0.4 is 5.32 Å². The Kier molecular flexibility index (Phi) is 6.67. The maximum Gasteiger partial charge on any atom is 0.0898 e. The summed E-state index contributed by atoms with van der Waals surface area (Å²) in [6.45, 7) is 3.37. The Morgan fingerprint density at radius 2 is 2.10 bits per heavy atom. The molecule has 0 saturated carbocycles. The SMILES string of the molecule is C[C@@H](NCC(O)COCc1cccs1)c1ccccc1Cl. The van der Waals surface area contributed by atoms with Gasteiger partial charge in [-0.1, -0.05) is 35.9 Å². The van der Waals surface area contributed by atoms with Crippen LogP contribution in [0, 0.1) is 0 Å². The fraction of sp³-hybridized carbons (Fsp3) is 0.375. The molecule has 0 saturated heterocycles. The van der Waals surface area contributed by atoms with Crippen molar-refractivity contribution in [2.24, 2.45) is 0 Å². The predicted molar refractivity (Wildman–Crippen MR) is 87.9 cm³/mol. The number of aliphatic hydroxyl groups is 1. The van der Waals surface area contributed by atoms with Gasteiger partial charge in [0.2, 0.25) is 0 Å². The number of aliphatic hydroxyl groups excluding tert-OH is 1. The highest BCUT2D eigenvalue weighted by atomic mass is 35.5. The van der Waals surface area contributed by atoms with Crippen LogP contribution in [0.1, 0.15) is 23.4 Å². The molecule has 2 aromatic rings. The van der Waals surface area contributed by atoms with Crippen LogP contribution in [-0.2, 0) is 11.3 Å². The summed E-state index contributed by atoms with van der Waals surface area (Å²) in [5.74, 6) is 0. The molecular formula is C16H20ClNO2S. The minimum Gasteiger partial charge on any atom is -0.389 e. The molecule has 1 unspecified atom stereocenters. The van der Waals surface area contributed by atoms with Gasteiger partial charge in [0.15, 0.2) is 0 Å². The van der Waals surface area contributed by atoms with E-state index in [2.05, 4.69) is 5.32 Å². The number of rotatable bonds is 8. The van der Waals surface area contributed by atoms with Crippen molar-refractivity contribution in [1.82, 2.24) is 5.32 Å². The van der Waals surface area contributed by atoms with Crippen molar-refractivity contribution in [1.29, 1.82) is 0 Å². The standard InChI is InChI=1S/C16H20ClNO2S/c1-12(15-6-2-3-7-16(15)17)18-9-13(19)10-20-11-14-5-4-8-21-14/h2-8,12-13,18-19H,9-11H2,1H3/t12-,13?/m1/s1. The minimum absolute atomic E-state index is 0.0886. The number of ether oxygens (including phenoxy) is 1. The van der Waals surface area contributed by atoms with E-state index in [1.54, 1.807) is 11.3 Å². The van der Waals surface area contributed by atoms with Crippen LogP contribution in [0.25, 0.3) is 0 Å². The molecule has 0 amide bonds. The molecule has 0 aliphatic rings. The van der Waals surface area contributed by atoms with Gasteiger partial charge in [-0.3, -0.25) is 0 Å². The molecule has 114 valence electrons. The van der Waals surface area contributed by atoms with E-state index in [9.17, 15) is 5.11 Å². The van der Waals surface area contributed by atoms with E-state index in [1.807, 2.05) is 48.7 Å². The molecule has 2 rings (SSSR count). The van der Waals surface area contributed by atoms with Crippen LogP contribution in [0.4, 0.5) is 0 Å². The van der Waals surface area contributed by atoms with Gasteiger partial charge in [-0.15, -0.1) is 11.3 Å². The molecule has 1 aromatic carbocycles. The van der Waals surface area contributed by atoms with Gasteiger partial charge >= 0.3 is 0 Å². The number of halogens is 1. The largest absolute Gasteiger partial charge is 0.389 e. The van der Waals surface area contributed by atoms with Gasteiger partial charge in [-0.2, -0.15) is 0 Å². The van der Waals surface area contributed by atoms with Crippen LogP contribution in [-0.4, -0.2) is 24.4 Å². The molecule has 3 nitrogen and oxygen atoms in total. The molecule has 1 aromatic heterocycles. The number of nitrogens with one attached hydrogen (secondary N) is 1. The lowest BCUT2D eigenvalue weighted by atomic mass is 10.1. The molecule has 2 N–H and O–H groups in total. The summed E-state index contributed by atoms with van der Waals surface area (Å²) in [6.07, 6.45) is -0.533. The highest BCUT2D eigenvalue weighted by Crippen LogP contribution is 2.21. The van der Waals surface area contributed by atoms with Gasteiger partial charge in [0, 0.05) is 22.5 Å². The average molecular weight is 326 g/mol. The van der Waals surface area contributed by atoms with Crippen molar-refractivity contribution >= 4 is 22.9 Å². The Morgan fingerprint density at radius 1 is 1.29 bits per heavy atom. The molecule has 0 spiro atoms. The third-order valence-electron chi connectivity index (χ3n) is 3.17. The molecular weight excluding hydrogens is 306 g/mol. The lowest BCUT2D eigenvalue weighted by molar-refractivity contribution is 0.0288. The second kappa shape index (κ2) is 8.51. The second-order valence-corrected chi connectivity index (χ2v) is 6.34. The normalized spacial score (nSPS) is 14.0. The first-order valence-corrected chi connectivity index (χ1v) is 8.18. The van der Waals surface area contributed by atoms with Gasteiger partial charge in [-0.05, 0) is 30.0 Å². The molecule has 0 aliphatic carbocycles. The zero-order chi connectivity index (χ0) is 15.1. The maximum atomic E-state index is 9.93. The van der Waals surface area contributed by atoms with E-state index < -0.39 is 6.10 Å². The Balaban J connectivity index is 1.68. The minimum atomic E-state index is -0.533. The fourth-order valence-corrected chi connectivity index (χ4v) is 2.94. The Morgan fingerprint density at radius 3 is 2.81 bits per heavy atom. The van der Waals surface area contributed by atoms with E-state index in [-0.39, 0.29) is 6.04 Å². The molecule has 0 radical (unpaired) electrons. The van der Waals surface area contributed by atoms with Gasteiger partial charge in [-0.25, -0.2) is 0 Å². The van der Waals surface area contributed by atoms with Gasteiger partial charge in [0.1, 0.15) is 0 Å². The van der Waals surface area contributed by atoms with E-state index >= 15 is 0 Å². The summed E-state index contributed by atoms with van der Waals surface area (Å²) in [5.41, 5.74) is 1.03. The maximum absolute atomic E-state index is 9.93. The first-order valence-electron chi connectivity index (χ1n) is 6.93. The van der Waals surface area contributed by atoms with Gasteiger partial charge in [0.05, 0.1) is 19.3 Å². The zero-order valence-electron chi connectivity index (χ0n) is 12.0. The monoisotopic (exact) mass is 325 g/mol. The topological polar surface area (TPSA) is 41.5 Å². The zero-order valence-corrected chi connectivity index (χ0v) is 13.5. The molecule has 21 heavy (non-hydrogen) atoms. The van der Waals surface area contributed by atoms with Crippen LogP contribution in [0.15, 0.2) is 41.8 Å². The third-order valence-corrected chi connectivity index (χ3v) is 4.36. The van der Waals surface area contributed by atoms with Crippen LogP contribution in [0.2, 0.25) is 5.02 Å². The second-order valence-electron chi connectivity index (χ2n) is 4.90. The third kappa shape index (κ3) is 5.41. The van der Waals surface area contributed by atoms with Crippen LogP contribution in [0.3, 0.4) is 0 Å². The number of thiophene rings is 1. The van der Waals surface area contributed by atoms with E-state index in [0.29, 0.717) is 19.8 Å². The Hall–Kier alpha value is -0.910. The van der Waals surface area contributed by atoms with E-state index in [0.717, 1.165) is 10.6 Å². The van der Waals surface area contributed by atoms with Crippen LogP contribution in [0.5, 0.6) is 0 Å². The van der Waals surface area contributed by atoms with Gasteiger partial charge < -0.3 is 15.2 Å². The lowest BCUT2D eigenvalue weighted by Crippen LogP contribution is -2.32. The smallest absolute Gasteiger partial charge is 0.0898 e. The van der Waals surface area contributed by atoms with E-state index in [1.165, 1.54) is 4.88 Å². The lowest BCUT2D eigenvalue weighted by Gasteiger charge is -2.18. The Bertz CT molecular complexity index is 533. The van der Waals surface area contributed by atoms with Crippen molar-refractivity contribution in [3.05, 3.63) is 57.2 Å². The average Bonchev–Trinajstić information content (AvgIpc) is 2.98. The van der Waals surface area contributed by atoms with Crippen LogP contribution >= 0.6 is 22.9 Å². The Labute approximate surface area is 134 Å². The quantitative estimate of drug-likeness (QED) is 0.778. The summed E-state index contributed by atoms with van der Waals surface area (Å²) in [6, 6.07) is 11.8. The number of hydrogen-bond acceptors (Lipinski definition) is 4. The summed E-state index contributed by atoms with van der Waals surface area (Å²) in [4.78, 5) is 1.17. The number of hydrogen-bond donors (Lipinski definition) is 2. The summed E-state index contributed by atoms with van der Waals surface area (Å²) >= 11 is 7.80. The highest BCUT2D eigenvalue weighted by molar-refractivity contribution is 7.09. The summed E-state index contributed by atoms with van der Waals surface area (Å²) in [7, 11) is 0. The first-order chi connectivity index (χ1) is 10.2. The number of benzene rings is 1. The molecule has 5 heteroatoms. The van der Waals surface area contributed by atoms with Crippen molar-refractivity contribution in [3.63, 3.8) is 0 Å². The predicted octanol–water partition coefficient (Wildman–Crippen LogP) is 3.63. The van der Waals surface area contributed by atoms with E-state index in [4.69, 9.17) is 16.3 Å². The van der Waals surface area contributed by atoms with Crippen molar-refractivity contribution in [2.75, 3.05) is 13.2 Å². The van der Waals surface area contributed by atoms with Crippen molar-refractivity contribution < 1.29 is 9.84 Å². The highest BCUT2D eigenvalue weighted by Gasteiger charge is 2.11. The molecule has 0 fully saturated rings. The molecule has 0 bridgehead atoms. The molecule has 1 heterocycles. The molecule has 2 atom stereocenters. The molecule has 0 aliphatic heterocycles. The summed E-state index contributed by atoms with van der Waals surface area (Å²) in [5, 5.41) is 15.9. The van der Waals surface area contributed by atoms with Crippen molar-refractivity contribution in [2.45, 2.75) is 25.7 Å². The summed E-state index contributed by atoms with van der Waals surface area (Å²) < 4.78 is 5.50.